The minimum Gasteiger partial charge on any atom is -0.357 e. The minimum absolute atomic E-state index is 0.0215. The van der Waals surface area contributed by atoms with Gasteiger partial charge in [0, 0.05) is 30.1 Å². The fourth-order valence-electron chi connectivity index (χ4n) is 3.83. The molecule has 0 fully saturated rings. The van der Waals surface area contributed by atoms with E-state index >= 15 is 0 Å². The van der Waals surface area contributed by atoms with Gasteiger partial charge in [-0.05, 0) is 35.4 Å². The highest BCUT2D eigenvalue weighted by Crippen LogP contribution is 2.34. The van der Waals surface area contributed by atoms with E-state index in [9.17, 15) is 18.0 Å². The van der Waals surface area contributed by atoms with Gasteiger partial charge in [-0.3, -0.25) is 13.9 Å². The summed E-state index contributed by atoms with van der Waals surface area (Å²) >= 11 is 24.9. The third-order valence-electron chi connectivity index (χ3n) is 5.75. The second-order valence-electron chi connectivity index (χ2n) is 8.42. The molecule has 0 heterocycles. The number of amides is 2. The first-order valence-corrected chi connectivity index (χ1v) is 14.7. The highest BCUT2D eigenvalue weighted by Gasteiger charge is 2.33. The van der Waals surface area contributed by atoms with Crippen LogP contribution < -0.4 is 9.62 Å². The average Bonchev–Trinajstić information content (AvgIpc) is 2.87. The highest BCUT2D eigenvalue weighted by molar-refractivity contribution is 7.92. The van der Waals surface area contributed by atoms with Crippen molar-refractivity contribution in [3.05, 3.63) is 97.9 Å². The minimum atomic E-state index is -3.98. The number of hydrogen-bond acceptors (Lipinski definition) is 4. The average molecular weight is 617 g/mol. The standard InChI is InChI=1S/C26H25Cl4N3O4S/c1-31-26(35)23(13-17-7-4-3-5-8-17)32(15-18-11-12-19(27)14-21(18)29)24(34)16-33(38(2,36)37)22-10-6-9-20(28)25(22)30/h3-12,14,23H,13,15-16H2,1-2H3,(H,31,35)/t23-/m0/s1. The smallest absolute Gasteiger partial charge is 0.244 e. The zero-order valence-corrected chi connectivity index (χ0v) is 24.3. The molecule has 0 aromatic heterocycles. The van der Waals surface area contributed by atoms with Gasteiger partial charge in [0.1, 0.15) is 12.6 Å². The molecule has 1 atom stereocenters. The van der Waals surface area contributed by atoms with Gasteiger partial charge in [0.25, 0.3) is 0 Å². The van der Waals surface area contributed by atoms with E-state index in [0.29, 0.717) is 15.6 Å². The Morgan fingerprint density at radius 2 is 1.61 bits per heavy atom. The van der Waals surface area contributed by atoms with E-state index in [-0.39, 0.29) is 28.7 Å². The van der Waals surface area contributed by atoms with E-state index in [2.05, 4.69) is 5.32 Å². The molecule has 3 aromatic rings. The van der Waals surface area contributed by atoms with Crippen molar-refractivity contribution in [3.63, 3.8) is 0 Å². The lowest BCUT2D eigenvalue weighted by molar-refractivity contribution is -0.139. The summed E-state index contributed by atoms with van der Waals surface area (Å²) in [6.07, 6.45) is 1.13. The quantitative estimate of drug-likeness (QED) is 0.328. The van der Waals surface area contributed by atoms with Crippen molar-refractivity contribution in [2.45, 2.75) is 19.0 Å². The Bertz CT molecular complexity index is 1420. The highest BCUT2D eigenvalue weighted by atomic mass is 35.5. The first kappa shape index (κ1) is 30.1. The maximum Gasteiger partial charge on any atom is 0.244 e. The summed E-state index contributed by atoms with van der Waals surface area (Å²) in [5.74, 6) is -1.08. The van der Waals surface area contributed by atoms with Gasteiger partial charge in [-0.2, -0.15) is 0 Å². The summed E-state index contributed by atoms with van der Waals surface area (Å²) in [4.78, 5) is 28.3. The second-order valence-corrected chi connectivity index (χ2v) is 12.0. The van der Waals surface area contributed by atoms with Crippen LogP contribution in [0.25, 0.3) is 0 Å². The molecule has 0 spiro atoms. The van der Waals surface area contributed by atoms with Crippen LogP contribution in [0.4, 0.5) is 5.69 Å². The molecule has 3 aromatic carbocycles. The topological polar surface area (TPSA) is 86.8 Å². The molecule has 12 heteroatoms. The molecular formula is C26H25Cl4N3O4S. The van der Waals surface area contributed by atoms with Gasteiger partial charge in [-0.25, -0.2) is 8.42 Å². The van der Waals surface area contributed by atoms with E-state index < -0.39 is 34.4 Å². The molecule has 0 bridgehead atoms. The van der Waals surface area contributed by atoms with E-state index in [1.165, 1.54) is 36.2 Å². The molecule has 1 N–H and O–H groups in total. The summed E-state index contributed by atoms with van der Waals surface area (Å²) in [6.45, 7) is -0.715. The Morgan fingerprint density at radius 1 is 0.921 bits per heavy atom. The Balaban J connectivity index is 2.08. The van der Waals surface area contributed by atoms with E-state index in [1.807, 2.05) is 30.3 Å². The van der Waals surface area contributed by atoms with E-state index in [1.54, 1.807) is 12.1 Å². The molecule has 2 amide bonds. The summed E-state index contributed by atoms with van der Waals surface area (Å²) < 4.78 is 26.4. The molecule has 0 radical (unpaired) electrons. The molecule has 0 aliphatic carbocycles. The molecule has 202 valence electrons. The molecule has 0 saturated heterocycles. The predicted molar refractivity (Wildman–Crippen MR) is 154 cm³/mol. The molecule has 7 nitrogen and oxygen atoms in total. The van der Waals surface area contributed by atoms with Crippen LogP contribution in [0, 0.1) is 0 Å². The number of nitrogens with zero attached hydrogens (tertiary/aromatic N) is 2. The van der Waals surface area contributed by atoms with Gasteiger partial charge in [0.15, 0.2) is 0 Å². The molecule has 0 aliphatic rings. The van der Waals surface area contributed by atoms with Crippen molar-refractivity contribution < 1.29 is 18.0 Å². The van der Waals surface area contributed by atoms with Crippen LogP contribution in [-0.2, 0) is 32.6 Å². The number of rotatable bonds is 10. The van der Waals surface area contributed by atoms with Crippen LogP contribution >= 0.6 is 46.4 Å². The maximum absolute atomic E-state index is 13.9. The molecular weight excluding hydrogens is 592 g/mol. The summed E-state index contributed by atoms with van der Waals surface area (Å²) in [7, 11) is -2.52. The van der Waals surface area contributed by atoms with Crippen molar-refractivity contribution in [1.29, 1.82) is 0 Å². The zero-order chi connectivity index (χ0) is 28.0. The molecule has 0 unspecified atom stereocenters. The van der Waals surface area contributed by atoms with Crippen LogP contribution in [0.15, 0.2) is 66.7 Å². The first-order valence-electron chi connectivity index (χ1n) is 11.3. The van der Waals surface area contributed by atoms with Gasteiger partial charge in [-0.1, -0.05) is 88.9 Å². The predicted octanol–water partition coefficient (Wildman–Crippen LogP) is 5.45. The molecule has 0 saturated carbocycles. The van der Waals surface area contributed by atoms with Crippen molar-refractivity contribution in [3.8, 4) is 0 Å². The molecule has 3 rings (SSSR count). The number of carbonyl (C=O) groups excluding carboxylic acids is 2. The van der Waals surface area contributed by atoms with Crippen molar-refractivity contribution in [2.75, 3.05) is 24.2 Å². The van der Waals surface area contributed by atoms with Crippen LogP contribution in [0.2, 0.25) is 20.1 Å². The van der Waals surface area contributed by atoms with Crippen molar-refractivity contribution in [2.24, 2.45) is 0 Å². The van der Waals surface area contributed by atoms with Crippen LogP contribution in [0.1, 0.15) is 11.1 Å². The molecule has 0 aliphatic heterocycles. The van der Waals surface area contributed by atoms with Gasteiger partial charge in [0.2, 0.25) is 21.8 Å². The number of anilines is 1. The number of carbonyl (C=O) groups is 2. The number of benzene rings is 3. The van der Waals surface area contributed by atoms with Gasteiger partial charge < -0.3 is 10.2 Å². The summed E-state index contributed by atoms with van der Waals surface area (Å²) in [5, 5.41) is 3.41. The van der Waals surface area contributed by atoms with Crippen molar-refractivity contribution >= 4 is 73.9 Å². The Kier molecular flexibility index (Phi) is 10.3. The van der Waals surface area contributed by atoms with Crippen LogP contribution in [0.5, 0.6) is 0 Å². The number of nitrogens with one attached hydrogen (secondary N) is 1. The Morgan fingerprint density at radius 3 is 2.21 bits per heavy atom. The number of hydrogen-bond donors (Lipinski definition) is 1. The van der Waals surface area contributed by atoms with E-state index in [0.717, 1.165) is 16.1 Å². The fraction of sp³-hybridized carbons (Fsp3) is 0.231. The zero-order valence-electron chi connectivity index (χ0n) is 20.5. The monoisotopic (exact) mass is 615 g/mol. The summed E-state index contributed by atoms with van der Waals surface area (Å²) in [5.41, 5.74) is 1.37. The van der Waals surface area contributed by atoms with Gasteiger partial charge >= 0.3 is 0 Å². The van der Waals surface area contributed by atoms with Gasteiger partial charge in [0.05, 0.1) is 22.0 Å². The largest absolute Gasteiger partial charge is 0.357 e. The fourth-order valence-corrected chi connectivity index (χ4v) is 5.60. The lowest BCUT2D eigenvalue weighted by Gasteiger charge is -2.33. The Labute approximate surface area is 242 Å². The van der Waals surface area contributed by atoms with Crippen molar-refractivity contribution in [1.82, 2.24) is 10.2 Å². The summed E-state index contributed by atoms with van der Waals surface area (Å²) in [6, 6.07) is 17.5. The lowest BCUT2D eigenvalue weighted by atomic mass is 10.0. The number of likely N-dealkylation sites (N-methyl/N-ethyl adjacent to an activating group) is 1. The third kappa shape index (κ3) is 7.55. The number of sulfonamides is 1. The lowest BCUT2D eigenvalue weighted by Crippen LogP contribution is -2.53. The first-order chi connectivity index (χ1) is 17.9. The van der Waals surface area contributed by atoms with Crippen LogP contribution in [-0.4, -0.2) is 51.0 Å². The molecule has 38 heavy (non-hydrogen) atoms. The normalized spacial score (nSPS) is 12.1. The van der Waals surface area contributed by atoms with Crippen LogP contribution in [0.3, 0.4) is 0 Å². The Hall–Kier alpha value is -2.49. The maximum atomic E-state index is 13.9. The van der Waals surface area contributed by atoms with Gasteiger partial charge in [-0.15, -0.1) is 0 Å². The van der Waals surface area contributed by atoms with E-state index in [4.69, 9.17) is 46.4 Å². The second kappa shape index (κ2) is 13.0. The third-order valence-corrected chi connectivity index (χ3v) is 8.27. The number of halogens is 4. The SMILES string of the molecule is CNC(=O)[C@H](Cc1ccccc1)N(Cc1ccc(Cl)cc1Cl)C(=O)CN(c1cccc(Cl)c1Cl)S(C)(=O)=O.